The van der Waals surface area contributed by atoms with Crippen molar-refractivity contribution in [2.24, 2.45) is 5.92 Å². The Kier molecular flexibility index (Phi) is 5.28. The topological polar surface area (TPSA) is 73.9 Å². The van der Waals surface area contributed by atoms with Gasteiger partial charge in [-0.15, -0.1) is 0 Å². The summed E-state index contributed by atoms with van der Waals surface area (Å²) in [5, 5.41) is 1.75. The molecule has 0 aliphatic heterocycles. The molecule has 0 aromatic rings. The Balaban J connectivity index is 2.87. The van der Waals surface area contributed by atoms with Crippen molar-refractivity contribution in [3.8, 4) is 0 Å². The number of carbonyl (C=O) groups is 1. The van der Waals surface area contributed by atoms with Gasteiger partial charge in [0, 0.05) is 0 Å². The molecule has 0 heterocycles. The minimum Gasteiger partial charge on any atom is -0.444 e. The Morgan fingerprint density at radius 1 is 1.30 bits per heavy atom. The van der Waals surface area contributed by atoms with Gasteiger partial charge in [0.05, 0.1) is 13.2 Å². The quantitative estimate of drug-likeness (QED) is 0.760. The van der Waals surface area contributed by atoms with Crippen molar-refractivity contribution in [3.05, 3.63) is 0 Å². The summed E-state index contributed by atoms with van der Waals surface area (Å²) in [6.45, 7) is 11.3. The molecule has 1 amide bonds. The van der Waals surface area contributed by atoms with Crippen molar-refractivity contribution < 1.29 is 23.1 Å². The van der Waals surface area contributed by atoms with Crippen LogP contribution in [0.5, 0.6) is 0 Å². The van der Waals surface area contributed by atoms with Crippen LogP contribution in [0.4, 0.5) is 4.79 Å². The van der Waals surface area contributed by atoms with Crippen molar-refractivity contribution in [3.63, 3.8) is 0 Å². The van der Waals surface area contributed by atoms with Crippen LogP contribution < -0.4 is 5.32 Å². The molecule has 0 radical (unpaired) electrons. The number of hydrogen-bond donors (Lipinski definition) is 1. The molecule has 0 aromatic heterocycles. The first-order valence-electron chi connectivity index (χ1n) is 7.00. The van der Waals surface area contributed by atoms with Gasteiger partial charge in [0.2, 0.25) is 0 Å². The van der Waals surface area contributed by atoms with E-state index in [0.29, 0.717) is 6.42 Å². The summed E-state index contributed by atoms with van der Waals surface area (Å²) in [7, 11) is -3.40. The number of nitrogens with one attached hydrogen (secondary N) is 1. The number of carbonyl (C=O) groups excluding carboxylic acids is 1. The molecule has 1 N–H and O–H groups in total. The van der Waals surface area contributed by atoms with Gasteiger partial charge in [-0.3, -0.25) is 4.57 Å². The molecule has 1 aliphatic rings. The molecule has 1 rings (SSSR count). The summed E-state index contributed by atoms with van der Waals surface area (Å²) in [6.07, 6.45) is -0.0368. The van der Waals surface area contributed by atoms with E-state index < -0.39 is 24.6 Å². The fourth-order valence-electron chi connectivity index (χ4n) is 2.12. The summed E-state index contributed by atoms with van der Waals surface area (Å²) >= 11 is 0. The second kappa shape index (κ2) is 6.04. The first-order chi connectivity index (χ1) is 9.10. The van der Waals surface area contributed by atoms with E-state index >= 15 is 0 Å². The van der Waals surface area contributed by atoms with Crippen molar-refractivity contribution in [1.82, 2.24) is 5.32 Å². The first kappa shape index (κ1) is 17.5. The van der Waals surface area contributed by atoms with Gasteiger partial charge >= 0.3 is 13.7 Å². The molecular formula is C13H26NO5P. The van der Waals surface area contributed by atoms with E-state index in [-0.39, 0.29) is 19.1 Å². The molecule has 0 unspecified atom stereocenters. The zero-order chi connectivity index (χ0) is 15.6. The zero-order valence-corrected chi connectivity index (χ0v) is 14.1. The molecule has 118 valence electrons. The van der Waals surface area contributed by atoms with Crippen LogP contribution in [-0.4, -0.2) is 30.2 Å². The normalized spacial score (nSPS) is 26.2. The standard InChI is InChI=1S/C13H26NO5P/c1-7-17-20(16,18-8-2)13(9-10(13)3)14-11(15)19-12(4,5)6/h10H,7-9H2,1-6H3,(H,14,15)/t10-,13+/m1/s1. The molecule has 2 atom stereocenters. The number of rotatable bonds is 6. The van der Waals surface area contributed by atoms with E-state index in [1.807, 2.05) is 6.92 Å². The van der Waals surface area contributed by atoms with E-state index in [0.717, 1.165) is 0 Å². The summed E-state index contributed by atoms with van der Waals surface area (Å²) in [5.41, 5.74) is -0.607. The lowest BCUT2D eigenvalue weighted by atomic mass is 10.2. The summed E-state index contributed by atoms with van der Waals surface area (Å²) in [6, 6.07) is 0. The van der Waals surface area contributed by atoms with Crippen molar-refractivity contribution in [2.75, 3.05) is 13.2 Å². The summed E-state index contributed by atoms with van der Waals surface area (Å²) in [5.74, 6) is 0.0268. The predicted molar refractivity (Wildman–Crippen MR) is 76.7 cm³/mol. The molecule has 20 heavy (non-hydrogen) atoms. The fraction of sp³-hybridized carbons (Fsp3) is 0.923. The number of amides is 1. The lowest BCUT2D eigenvalue weighted by molar-refractivity contribution is 0.0498. The first-order valence-corrected chi connectivity index (χ1v) is 8.55. The van der Waals surface area contributed by atoms with Crippen LogP contribution in [0.2, 0.25) is 0 Å². The van der Waals surface area contributed by atoms with E-state index in [4.69, 9.17) is 13.8 Å². The molecular weight excluding hydrogens is 281 g/mol. The highest BCUT2D eigenvalue weighted by molar-refractivity contribution is 7.56. The SMILES string of the molecule is CCOP(=O)(OCC)[C@@]1(NC(=O)OC(C)(C)C)C[C@H]1C. The summed E-state index contributed by atoms with van der Waals surface area (Å²) < 4.78 is 28.8. The molecule has 1 fully saturated rings. The van der Waals surface area contributed by atoms with Crippen LogP contribution in [0.15, 0.2) is 0 Å². The maximum Gasteiger partial charge on any atom is 0.408 e. The smallest absolute Gasteiger partial charge is 0.408 e. The van der Waals surface area contributed by atoms with Crippen LogP contribution in [0.3, 0.4) is 0 Å². The van der Waals surface area contributed by atoms with E-state index in [1.54, 1.807) is 34.6 Å². The van der Waals surface area contributed by atoms with Gasteiger partial charge in [-0.25, -0.2) is 4.79 Å². The Labute approximate surface area is 121 Å². The molecule has 0 saturated heterocycles. The molecule has 1 saturated carbocycles. The number of hydrogen-bond acceptors (Lipinski definition) is 5. The van der Waals surface area contributed by atoms with Crippen molar-refractivity contribution in [1.29, 1.82) is 0 Å². The minimum atomic E-state index is -3.40. The largest absolute Gasteiger partial charge is 0.444 e. The van der Waals surface area contributed by atoms with Gasteiger partial charge < -0.3 is 19.1 Å². The third-order valence-corrected chi connectivity index (χ3v) is 5.99. The highest BCUT2D eigenvalue weighted by Crippen LogP contribution is 2.72. The molecule has 0 bridgehead atoms. The molecule has 0 spiro atoms. The molecule has 0 aromatic carbocycles. The fourth-order valence-corrected chi connectivity index (χ4v) is 4.60. The average Bonchev–Trinajstić information content (AvgIpc) is 2.88. The maximum absolute atomic E-state index is 12.9. The third-order valence-electron chi connectivity index (χ3n) is 3.08. The second-order valence-electron chi connectivity index (χ2n) is 5.99. The third kappa shape index (κ3) is 3.74. The van der Waals surface area contributed by atoms with Gasteiger partial charge in [-0.1, -0.05) is 6.92 Å². The van der Waals surface area contributed by atoms with E-state index in [9.17, 15) is 9.36 Å². The molecule has 7 heteroatoms. The molecule has 6 nitrogen and oxygen atoms in total. The number of alkyl carbamates (subject to hydrolysis) is 1. The minimum absolute atomic E-state index is 0.0268. The van der Waals surface area contributed by atoms with E-state index in [2.05, 4.69) is 5.32 Å². The molecule has 1 aliphatic carbocycles. The number of ether oxygens (including phenoxy) is 1. The van der Waals surface area contributed by atoms with Gasteiger partial charge in [0.15, 0.2) is 0 Å². The van der Waals surface area contributed by atoms with Gasteiger partial charge in [0.1, 0.15) is 10.9 Å². The Morgan fingerprint density at radius 3 is 2.05 bits per heavy atom. The van der Waals surface area contributed by atoms with Gasteiger partial charge in [-0.05, 0) is 47.0 Å². The van der Waals surface area contributed by atoms with Gasteiger partial charge in [-0.2, -0.15) is 0 Å². The van der Waals surface area contributed by atoms with Crippen LogP contribution in [0.25, 0.3) is 0 Å². The summed E-state index contributed by atoms with van der Waals surface area (Å²) in [4.78, 5) is 11.9. The van der Waals surface area contributed by atoms with E-state index in [1.165, 1.54) is 0 Å². The van der Waals surface area contributed by atoms with Crippen LogP contribution in [0, 0.1) is 5.92 Å². The van der Waals surface area contributed by atoms with Gasteiger partial charge in [0.25, 0.3) is 0 Å². The van der Waals surface area contributed by atoms with Crippen LogP contribution >= 0.6 is 7.60 Å². The Hall–Kier alpha value is -0.580. The Morgan fingerprint density at radius 2 is 1.75 bits per heavy atom. The zero-order valence-electron chi connectivity index (χ0n) is 13.2. The highest BCUT2D eigenvalue weighted by atomic mass is 31.2. The Bertz CT molecular complexity index is 396. The maximum atomic E-state index is 12.9. The van der Waals surface area contributed by atoms with Crippen LogP contribution in [0.1, 0.15) is 48.0 Å². The van der Waals surface area contributed by atoms with Crippen molar-refractivity contribution in [2.45, 2.75) is 58.8 Å². The lowest BCUT2D eigenvalue weighted by Gasteiger charge is -2.29. The average molecular weight is 307 g/mol. The predicted octanol–water partition coefficient (Wildman–Crippen LogP) is 3.51. The van der Waals surface area contributed by atoms with Crippen molar-refractivity contribution >= 4 is 13.7 Å². The highest BCUT2D eigenvalue weighted by Gasteiger charge is 2.67. The second-order valence-corrected chi connectivity index (χ2v) is 8.30. The van der Waals surface area contributed by atoms with Crippen LogP contribution in [-0.2, 0) is 18.3 Å². The monoisotopic (exact) mass is 307 g/mol. The lowest BCUT2D eigenvalue weighted by Crippen LogP contribution is -2.42.